The Kier molecular flexibility index (Phi) is 4.20. The predicted molar refractivity (Wildman–Crippen MR) is 69.1 cm³/mol. The molecule has 18 heavy (non-hydrogen) atoms. The normalized spacial score (nSPS) is 24.1. The largest absolute Gasteiger partial charge is 0.368 e. The van der Waals surface area contributed by atoms with Gasteiger partial charge >= 0.3 is 0 Å². The Morgan fingerprint density at radius 1 is 1.56 bits per heavy atom. The molecule has 1 saturated heterocycles. The average molecular weight is 273 g/mol. The van der Waals surface area contributed by atoms with Crippen molar-refractivity contribution in [2.45, 2.75) is 32.1 Å². The fourth-order valence-corrected chi connectivity index (χ4v) is 2.58. The zero-order chi connectivity index (χ0) is 13.2. The molecule has 0 aromatic carbocycles. The summed E-state index contributed by atoms with van der Waals surface area (Å²) in [7, 11) is 0. The van der Waals surface area contributed by atoms with Gasteiger partial charge in [-0.1, -0.05) is 0 Å². The van der Waals surface area contributed by atoms with Gasteiger partial charge in [0.15, 0.2) is 0 Å². The molecule has 0 aliphatic carbocycles. The summed E-state index contributed by atoms with van der Waals surface area (Å²) in [5, 5.41) is 0. The van der Waals surface area contributed by atoms with Crippen LogP contribution in [0.25, 0.3) is 0 Å². The molecule has 1 aromatic rings. The zero-order valence-corrected chi connectivity index (χ0v) is 11.5. The van der Waals surface area contributed by atoms with Crippen molar-refractivity contribution in [3.8, 4) is 0 Å². The number of rotatable bonds is 3. The van der Waals surface area contributed by atoms with Crippen molar-refractivity contribution in [1.82, 2.24) is 9.88 Å². The van der Waals surface area contributed by atoms with E-state index < -0.39 is 0 Å². The van der Waals surface area contributed by atoms with Crippen molar-refractivity contribution in [2.24, 2.45) is 0 Å². The van der Waals surface area contributed by atoms with Gasteiger partial charge in [-0.15, -0.1) is 11.6 Å². The Labute approximate surface area is 112 Å². The molecule has 1 unspecified atom stereocenters. The molecule has 0 amide bonds. The van der Waals surface area contributed by atoms with Gasteiger partial charge in [0.1, 0.15) is 5.82 Å². The monoisotopic (exact) mass is 272 g/mol. The van der Waals surface area contributed by atoms with Crippen LogP contribution in [0.1, 0.15) is 19.4 Å². The molecule has 0 spiro atoms. The van der Waals surface area contributed by atoms with E-state index in [1.54, 1.807) is 6.20 Å². The number of aromatic nitrogens is 1. The Morgan fingerprint density at radius 2 is 2.33 bits per heavy atom. The van der Waals surface area contributed by atoms with Crippen LogP contribution < -0.4 is 0 Å². The topological polar surface area (TPSA) is 25.4 Å². The van der Waals surface area contributed by atoms with E-state index in [1.165, 1.54) is 12.3 Å². The number of halogens is 2. The van der Waals surface area contributed by atoms with Gasteiger partial charge in [-0.2, -0.15) is 0 Å². The van der Waals surface area contributed by atoms with Crippen molar-refractivity contribution in [1.29, 1.82) is 0 Å². The van der Waals surface area contributed by atoms with Gasteiger partial charge in [0.05, 0.1) is 17.9 Å². The third-order valence-corrected chi connectivity index (χ3v) is 3.24. The molecular formula is C13H18ClFN2O. The van der Waals surface area contributed by atoms with Crippen molar-refractivity contribution in [3.05, 3.63) is 29.8 Å². The standard InChI is InChI=1S/C13H18ClFN2O/c1-13(2)9-17(8-12(4-14)18-13)7-10-3-11(15)6-16-5-10/h3,5-6,12H,4,7-9H2,1-2H3. The van der Waals surface area contributed by atoms with Gasteiger partial charge in [-0.25, -0.2) is 4.39 Å². The second-order valence-corrected chi connectivity index (χ2v) is 5.64. The molecule has 5 heteroatoms. The lowest BCUT2D eigenvalue weighted by Gasteiger charge is -2.42. The van der Waals surface area contributed by atoms with Crippen molar-refractivity contribution >= 4 is 11.6 Å². The number of morpholine rings is 1. The summed E-state index contributed by atoms with van der Waals surface area (Å²) in [6.07, 6.45) is 2.94. The van der Waals surface area contributed by atoms with Crippen LogP contribution in [0.5, 0.6) is 0 Å². The third-order valence-electron chi connectivity index (χ3n) is 2.89. The van der Waals surface area contributed by atoms with E-state index in [0.717, 1.165) is 18.7 Å². The minimum Gasteiger partial charge on any atom is -0.368 e. The van der Waals surface area contributed by atoms with E-state index in [-0.39, 0.29) is 17.5 Å². The molecule has 2 rings (SSSR count). The zero-order valence-electron chi connectivity index (χ0n) is 10.7. The molecule has 1 aromatic heterocycles. The van der Waals surface area contributed by atoms with Crippen LogP contribution in [0.15, 0.2) is 18.5 Å². The highest BCUT2D eigenvalue weighted by molar-refractivity contribution is 6.18. The van der Waals surface area contributed by atoms with E-state index >= 15 is 0 Å². The first kappa shape index (κ1) is 13.7. The lowest BCUT2D eigenvalue weighted by Crippen LogP contribution is -2.52. The Bertz CT molecular complexity index is 414. The summed E-state index contributed by atoms with van der Waals surface area (Å²) in [6.45, 7) is 6.33. The van der Waals surface area contributed by atoms with Crippen LogP contribution in [0.2, 0.25) is 0 Å². The maximum Gasteiger partial charge on any atom is 0.141 e. The predicted octanol–water partition coefficient (Wildman–Crippen LogP) is 2.44. The highest BCUT2D eigenvalue weighted by atomic mass is 35.5. The van der Waals surface area contributed by atoms with Crippen LogP contribution in [0, 0.1) is 5.82 Å². The molecule has 0 bridgehead atoms. The first-order chi connectivity index (χ1) is 8.48. The Balaban J connectivity index is 2.04. The second kappa shape index (κ2) is 5.51. The molecule has 1 atom stereocenters. The lowest BCUT2D eigenvalue weighted by atomic mass is 10.0. The highest BCUT2D eigenvalue weighted by Crippen LogP contribution is 2.23. The molecule has 0 radical (unpaired) electrons. The SMILES string of the molecule is CC1(C)CN(Cc2cncc(F)c2)CC(CCl)O1. The number of alkyl halides is 1. The molecule has 0 N–H and O–H groups in total. The average Bonchev–Trinajstić information content (AvgIpc) is 2.26. The summed E-state index contributed by atoms with van der Waals surface area (Å²) in [6, 6.07) is 1.52. The number of hydrogen-bond donors (Lipinski definition) is 0. The van der Waals surface area contributed by atoms with E-state index in [1.807, 2.05) is 13.8 Å². The molecule has 1 fully saturated rings. The minimum absolute atomic E-state index is 0.0249. The van der Waals surface area contributed by atoms with Gasteiger partial charge in [-0.05, 0) is 25.5 Å². The fourth-order valence-electron chi connectivity index (χ4n) is 2.42. The summed E-state index contributed by atoms with van der Waals surface area (Å²) >= 11 is 5.88. The molecule has 2 heterocycles. The smallest absolute Gasteiger partial charge is 0.141 e. The van der Waals surface area contributed by atoms with Gasteiger partial charge in [-0.3, -0.25) is 9.88 Å². The van der Waals surface area contributed by atoms with Gasteiger partial charge in [0.25, 0.3) is 0 Å². The molecule has 3 nitrogen and oxygen atoms in total. The Morgan fingerprint density at radius 3 is 3.00 bits per heavy atom. The molecule has 0 saturated carbocycles. The summed E-state index contributed by atoms with van der Waals surface area (Å²) in [5.41, 5.74) is 0.652. The van der Waals surface area contributed by atoms with Gasteiger partial charge in [0.2, 0.25) is 0 Å². The fraction of sp³-hybridized carbons (Fsp3) is 0.615. The van der Waals surface area contributed by atoms with Crippen LogP contribution in [0.4, 0.5) is 4.39 Å². The van der Waals surface area contributed by atoms with E-state index in [2.05, 4.69) is 9.88 Å². The van der Waals surface area contributed by atoms with E-state index in [4.69, 9.17) is 16.3 Å². The quantitative estimate of drug-likeness (QED) is 0.791. The lowest BCUT2D eigenvalue weighted by molar-refractivity contribution is -0.129. The van der Waals surface area contributed by atoms with Crippen molar-refractivity contribution < 1.29 is 9.13 Å². The summed E-state index contributed by atoms with van der Waals surface area (Å²) in [4.78, 5) is 6.10. The summed E-state index contributed by atoms with van der Waals surface area (Å²) in [5.74, 6) is 0.176. The number of nitrogens with zero attached hydrogens (tertiary/aromatic N) is 2. The van der Waals surface area contributed by atoms with E-state index in [9.17, 15) is 4.39 Å². The number of hydrogen-bond acceptors (Lipinski definition) is 3. The van der Waals surface area contributed by atoms with Crippen LogP contribution in [-0.4, -0.2) is 40.6 Å². The van der Waals surface area contributed by atoms with Crippen molar-refractivity contribution in [3.63, 3.8) is 0 Å². The van der Waals surface area contributed by atoms with Gasteiger partial charge in [0, 0.05) is 31.7 Å². The second-order valence-electron chi connectivity index (χ2n) is 5.33. The minimum atomic E-state index is -0.297. The maximum atomic E-state index is 13.1. The van der Waals surface area contributed by atoms with Crippen LogP contribution >= 0.6 is 11.6 Å². The first-order valence-corrected chi connectivity index (χ1v) is 6.57. The molecule has 100 valence electrons. The van der Waals surface area contributed by atoms with Crippen LogP contribution in [0.3, 0.4) is 0 Å². The molecular weight excluding hydrogens is 255 g/mol. The summed E-state index contributed by atoms with van der Waals surface area (Å²) < 4.78 is 18.9. The first-order valence-electron chi connectivity index (χ1n) is 6.04. The number of pyridine rings is 1. The van der Waals surface area contributed by atoms with Crippen LogP contribution in [-0.2, 0) is 11.3 Å². The van der Waals surface area contributed by atoms with E-state index in [0.29, 0.717) is 12.4 Å². The maximum absolute atomic E-state index is 13.1. The molecule has 1 aliphatic rings. The molecule has 1 aliphatic heterocycles. The highest BCUT2D eigenvalue weighted by Gasteiger charge is 2.32. The van der Waals surface area contributed by atoms with Crippen molar-refractivity contribution in [2.75, 3.05) is 19.0 Å². The Hall–Kier alpha value is -0.710. The number of ether oxygens (including phenoxy) is 1. The van der Waals surface area contributed by atoms with Gasteiger partial charge < -0.3 is 4.74 Å². The third kappa shape index (κ3) is 3.64.